The van der Waals surface area contributed by atoms with Crippen molar-refractivity contribution >= 4 is 33.4 Å². The lowest BCUT2D eigenvalue weighted by Crippen LogP contribution is -2.43. The SMILES string of the molecule is O=C(c1cc2ccsc2[nH]1)N1CCC(C(=O)N2CCCC2)CC1. The number of carbonyl (C=O) groups excluding carboxylic acids is 2. The fourth-order valence-corrected chi connectivity index (χ4v) is 4.44. The maximum Gasteiger partial charge on any atom is 0.270 e. The predicted octanol–water partition coefficient (Wildman–Crippen LogP) is 2.70. The first-order valence-electron chi connectivity index (χ1n) is 8.36. The molecule has 2 fully saturated rings. The molecule has 2 amide bonds. The standard InChI is InChI=1S/C17H21N3O2S/c21-16(19-6-1-2-7-19)12-3-8-20(9-4-12)17(22)14-11-13-5-10-23-15(13)18-14/h5,10-12,18H,1-4,6-9H2. The van der Waals surface area contributed by atoms with Gasteiger partial charge in [-0.3, -0.25) is 9.59 Å². The first-order valence-corrected chi connectivity index (χ1v) is 9.24. The molecule has 0 radical (unpaired) electrons. The Bertz CT molecular complexity index is 693. The molecule has 0 spiro atoms. The zero-order valence-electron chi connectivity index (χ0n) is 13.1. The van der Waals surface area contributed by atoms with Crippen LogP contribution in [0.5, 0.6) is 0 Å². The number of hydrogen-bond donors (Lipinski definition) is 1. The van der Waals surface area contributed by atoms with E-state index in [9.17, 15) is 9.59 Å². The molecule has 6 heteroatoms. The van der Waals surface area contributed by atoms with Gasteiger partial charge in [-0.15, -0.1) is 11.3 Å². The van der Waals surface area contributed by atoms with Crippen molar-refractivity contribution in [2.24, 2.45) is 5.92 Å². The van der Waals surface area contributed by atoms with Gasteiger partial charge in [0.2, 0.25) is 5.91 Å². The minimum Gasteiger partial charge on any atom is -0.342 e. The highest BCUT2D eigenvalue weighted by Gasteiger charge is 2.31. The van der Waals surface area contributed by atoms with Crippen molar-refractivity contribution in [1.82, 2.24) is 14.8 Å². The molecule has 2 aliphatic heterocycles. The number of aromatic nitrogens is 1. The first-order chi connectivity index (χ1) is 11.2. The minimum absolute atomic E-state index is 0.0560. The zero-order valence-corrected chi connectivity index (χ0v) is 13.9. The monoisotopic (exact) mass is 331 g/mol. The van der Waals surface area contributed by atoms with Crippen molar-refractivity contribution in [2.45, 2.75) is 25.7 Å². The molecule has 0 atom stereocenters. The Kier molecular flexibility index (Phi) is 3.85. The Hall–Kier alpha value is -1.82. The molecule has 2 aliphatic rings. The van der Waals surface area contributed by atoms with E-state index in [1.54, 1.807) is 11.3 Å². The van der Waals surface area contributed by atoms with Crippen LogP contribution in [-0.4, -0.2) is 52.8 Å². The summed E-state index contributed by atoms with van der Waals surface area (Å²) in [7, 11) is 0. The second kappa shape index (κ2) is 6.00. The third-order valence-electron chi connectivity index (χ3n) is 5.02. The van der Waals surface area contributed by atoms with Crippen LogP contribution >= 0.6 is 11.3 Å². The van der Waals surface area contributed by atoms with Gasteiger partial charge < -0.3 is 14.8 Å². The second-order valence-electron chi connectivity index (χ2n) is 6.49. The molecule has 2 aromatic rings. The van der Waals surface area contributed by atoms with Gasteiger partial charge in [-0.05, 0) is 43.2 Å². The van der Waals surface area contributed by atoms with Crippen LogP contribution in [0.15, 0.2) is 17.5 Å². The molecule has 2 aromatic heterocycles. The van der Waals surface area contributed by atoms with Crippen molar-refractivity contribution in [3.05, 3.63) is 23.2 Å². The molecule has 122 valence electrons. The Morgan fingerprint density at radius 3 is 2.52 bits per heavy atom. The van der Waals surface area contributed by atoms with Crippen molar-refractivity contribution in [3.8, 4) is 0 Å². The molecular formula is C17H21N3O2S. The van der Waals surface area contributed by atoms with Crippen LogP contribution in [0.4, 0.5) is 0 Å². The summed E-state index contributed by atoms with van der Waals surface area (Å²) in [5.74, 6) is 0.458. The molecular weight excluding hydrogens is 310 g/mol. The minimum atomic E-state index is 0.0560. The van der Waals surface area contributed by atoms with Gasteiger partial charge in [0.05, 0.1) is 0 Å². The summed E-state index contributed by atoms with van der Waals surface area (Å²) in [5.41, 5.74) is 0.663. The number of rotatable bonds is 2. The topological polar surface area (TPSA) is 56.4 Å². The molecule has 2 saturated heterocycles. The quantitative estimate of drug-likeness (QED) is 0.920. The third kappa shape index (κ3) is 2.76. The van der Waals surface area contributed by atoms with Crippen molar-refractivity contribution in [2.75, 3.05) is 26.2 Å². The smallest absolute Gasteiger partial charge is 0.270 e. The number of amides is 2. The van der Waals surface area contributed by atoms with E-state index in [2.05, 4.69) is 4.98 Å². The predicted molar refractivity (Wildman–Crippen MR) is 90.6 cm³/mol. The molecule has 5 nitrogen and oxygen atoms in total. The van der Waals surface area contributed by atoms with Crippen molar-refractivity contribution < 1.29 is 9.59 Å². The van der Waals surface area contributed by atoms with Gasteiger partial charge in [0, 0.05) is 37.5 Å². The average molecular weight is 331 g/mol. The number of hydrogen-bond acceptors (Lipinski definition) is 3. The lowest BCUT2D eigenvalue weighted by atomic mass is 9.95. The molecule has 0 saturated carbocycles. The van der Waals surface area contributed by atoms with Crippen LogP contribution in [0, 0.1) is 5.92 Å². The number of fused-ring (bicyclic) bond motifs is 1. The zero-order chi connectivity index (χ0) is 15.8. The van der Waals surface area contributed by atoms with Gasteiger partial charge in [-0.25, -0.2) is 0 Å². The lowest BCUT2D eigenvalue weighted by Gasteiger charge is -2.33. The number of likely N-dealkylation sites (tertiary alicyclic amines) is 2. The van der Waals surface area contributed by atoms with Gasteiger partial charge in [0.25, 0.3) is 5.91 Å². The summed E-state index contributed by atoms with van der Waals surface area (Å²) in [4.78, 5) is 33.2. The highest BCUT2D eigenvalue weighted by atomic mass is 32.1. The molecule has 0 bridgehead atoms. The van der Waals surface area contributed by atoms with Crippen LogP contribution in [0.1, 0.15) is 36.2 Å². The van der Waals surface area contributed by atoms with Gasteiger partial charge >= 0.3 is 0 Å². The van der Waals surface area contributed by atoms with Crippen LogP contribution in [-0.2, 0) is 4.79 Å². The normalized spacial score (nSPS) is 19.7. The summed E-state index contributed by atoms with van der Waals surface area (Å²) in [5, 5.41) is 3.11. The summed E-state index contributed by atoms with van der Waals surface area (Å²) >= 11 is 1.61. The van der Waals surface area contributed by atoms with Gasteiger partial charge in [0.15, 0.2) is 0 Å². The molecule has 23 heavy (non-hydrogen) atoms. The fourth-order valence-electron chi connectivity index (χ4n) is 3.66. The van der Waals surface area contributed by atoms with Crippen molar-refractivity contribution in [3.63, 3.8) is 0 Å². The van der Waals surface area contributed by atoms with Crippen LogP contribution in [0.2, 0.25) is 0 Å². The van der Waals surface area contributed by atoms with Crippen LogP contribution < -0.4 is 0 Å². The molecule has 0 aromatic carbocycles. The summed E-state index contributed by atoms with van der Waals surface area (Å²) in [6.07, 6.45) is 3.84. The molecule has 4 heterocycles. The van der Waals surface area contributed by atoms with E-state index in [0.717, 1.165) is 49.0 Å². The van der Waals surface area contributed by atoms with Gasteiger partial charge in [0.1, 0.15) is 10.5 Å². The number of nitrogens with zero attached hydrogens (tertiary/aromatic N) is 2. The average Bonchev–Trinajstić information content (AvgIpc) is 3.29. The molecule has 1 N–H and O–H groups in total. The van der Waals surface area contributed by atoms with E-state index in [-0.39, 0.29) is 11.8 Å². The summed E-state index contributed by atoms with van der Waals surface area (Å²) < 4.78 is 0. The lowest BCUT2D eigenvalue weighted by molar-refractivity contribution is -0.135. The van der Waals surface area contributed by atoms with E-state index in [1.165, 1.54) is 0 Å². The van der Waals surface area contributed by atoms with E-state index in [4.69, 9.17) is 0 Å². The number of aromatic amines is 1. The van der Waals surface area contributed by atoms with Crippen LogP contribution in [0.25, 0.3) is 10.2 Å². The van der Waals surface area contributed by atoms with Gasteiger partial charge in [-0.1, -0.05) is 0 Å². The number of H-pyrrole nitrogens is 1. The number of carbonyl (C=O) groups is 2. The second-order valence-corrected chi connectivity index (χ2v) is 7.40. The Morgan fingerprint density at radius 2 is 1.83 bits per heavy atom. The maximum absolute atomic E-state index is 12.6. The highest BCUT2D eigenvalue weighted by molar-refractivity contribution is 7.16. The molecule has 4 rings (SSSR count). The van der Waals surface area contributed by atoms with Crippen LogP contribution in [0.3, 0.4) is 0 Å². The number of thiophene rings is 1. The summed E-state index contributed by atoms with van der Waals surface area (Å²) in [6, 6.07) is 3.95. The highest BCUT2D eigenvalue weighted by Crippen LogP contribution is 2.25. The van der Waals surface area contributed by atoms with E-state index < -0.39 is 0 Å². The number of nitrogens with one attached hydrogen (secondary N) is 1. The van der Waals surface area contributed by atoms with E-state index in [1.807, 2.05) is 27.3 Å². The fraction of sp³-hybridized carbons (Fsp3) is 0.529. The first kappa shape index (κ1) is 14.8. The van der Waals surface area contributed by atoms with Gasteiger partial charge in [-0.2, -0.15) is 0 Å². The third-order valence-corrected chi connectivity index (χ3v) is 5.87. The Balaban J connectivity index is 1.38. The largest absolute Gasteiger partial charge is 0.342 e. The maximum atomic E-state index is 12.6. The van der Waals surface area contributed by atoms with E-state index in [0.29, 0.717) is 24.7 Å². The molecule has 0 aliphatic carbocycles. The summed E-state index contributed by atoms with van der Waals surface area (Å²) in [6.45, 7) is 3.18. The Labute approximate surface area is 139 Å². The Morgan fingerprint density at radius 1 is 1.09 bits per heavy atom. The molecule has 0 unspecified atom stereocenters. The number of piperidine rings is 1. The van der Waals surface area contributed by atoms with Crippen molar-refractivity contribution in [1.29, 1.82) is 0 Å². The van der Waals surface area contributed by atoms with E-state index >= 15 is 0 Å².